The number of halogens is 1. The molecule has 134 valence electrons. The Balaban J connectivity index is 1.97. The van der Waals surface area contributed by atoms with Crippen LogP contribution in [0.4, 0.5) is 14.9 Å². The van der Waals surface area contributed by atoms with Crippen molar-refractivity contribution in [3.05, 3.63) is 59.4 Å². The summed E-state index contributed by atoms with van der Waals surface area (Å²) in [5.74, 6) is -0.515. The van der Waals surface area contributed by atoms with Crippen LogP contribution < -0.4 is 10.6 Å². The van der Waals surface area contributed by atoms with E-state index in [1.165, 1.54) is 38.4 Å². The van der Waals surface area contributed by atoms with Crippen molar-refractivity contribution >= 4 is 21.7 Å². The molecule has 0 heterocycles. The van der Waals surface area contributed by atoms with Gasteiger partial charge in [0.1, 0.15) is 5.82 Å². The average molecular weight is 365 g/mol. The molecule has 0 radical (unpaired) electrons. The van der Waals surface area contributed by atoms with Gasteiger partial charge in [-0.1, -0.05) is 18.2 Å². The summed E-state index contributed by atoms with van der Waals surface area (Å²) in [7, 11) is -0.567. The van der Waals surface area contributed by atoms with Gasteiger partial charge in [0.2, 0.25) is 10.0 Å². The van der Waals surface area contributed by atoms with Gasteiger partial charge in [-0.25, -0.2) is 21.9 Å². The molecule has 0 saturated carbocycles. The molecule has 6 nitrogen and oxygen atoms in total. The Bertz CT molecular complexity index is 865. The first-order valence-corrected chi connectivity index (χ1v) is 8.96. The number of benzene rings is 2. The van der Waals surface area contributed by atoms with Crippen LogP contribution in [0.3, 0.4) is 0 Å². The molecule has 2 amide bonds. The number of carbonyl (C=O) groups excluding carboxylic acids is 1. The fourth-order valence-electron chi connectivity index (χ4n) is 2.07. The van der Waals surface area contributed by atoms with Gasteiger partial charge in [-0.15, -0.1) is 0 Å². The quantitative estimate of drug-likeness (QED) is 0.855. The van der Waals surface area contributed by atoms with E-state index < -0.39 is 21.9 Å². The molecule has 2 aromatic rings. The Morgan fingerprint density at radius 2 is 1.76 bits per heavy atom. The normalized spacial score (nSPS) is 11.4. The minimum absolute atomic E-state index is 0.102. The number of sulfonamides is 1. The molecular weight excluding hydrogens is 345 g/mol. The maximum absolute atomic E-state index is 13.6. The molecule has 2 N–H and O–H groups in total. The molecule has 0 saturated heterocycles. The number of urea groups is 1. The average Bonchev–Trinajstić information content (AvgIpc) is 2.56. The summed E-state index contributed by atoms with van der Waals surface area (Å²) in [6, 6.07) is 10.1. The second-order valence-electron chi connectivity index (χ2n) is 5.72. The lowest BCUT2D eigenvalue weighted by atomic mass is 10.2. The molecule has 2 rings (SSSR count). The highest BCUT2D eigenvalue weighted by Crippen LogP contribution is 2.16. The van der Waals surface area contributed by atoms with E-state index in [0.717, 1.165) is 15.4 Å². The highest BCUT2D eigenvalue weighted by Gasteiger charge is 2.16. The van der Waals surface area contributed by atoms with Gasteiger partial charge in [0.05, 0.1) is 10.6 Å². The summed E-state index contributed by atoms with van der Waals surface area (Å²) in [4.78, 5) is 12.0. The van der Waals surface area contributed by atoms with E-state index in [4.69, 9.17) is 0 Å². The van der Waals surface area contributed by atoms with Crippen molar-refractivity contribution in [2.24, 2.45) is 0 Å². The smallest absolute Gasteiger partial charge is 0.319 e. The topological polar surface area (TPSA) is 78.5 Å². The summed E-state index contributed by atoms with van der Waals surface area (Å²) in [6.45, 7) is 1.98. The molecule has 0 bridgehead atoms. The third kappa shape index (κ3) is 4.77. The van der Waals surface area contributed by atoms with Crippen LogP contribution in [0, 0.1) is 12.7 Å². The number of nitrogens with zero attached hydrogens (tertiary/aromatic N) is 1. The van der Waals surface area contributed by atoms with Crippen LogP contribution in [-0.2, 0) is 16.6 Å². The number of hydrogen-bond donors (Lipinski definition) is 2. The van der Waals surface area contributed by atoms with Crippen molar-refractivity contribution in [2.45, 2.75) is 18.4 Å². The number of nitrogens with one attached hydrogen (secondary N) is 2. The first-order chi connectivity index (χ1) is 11.7. The van der Waals surface area contributed by atoms with Gasteiger partial charge in [0, 0.05) is 20.6 Å². The summed E-state index contributed by atoms with van der Waals surface area (Å²) < 4.78 is 38.7. The van der Waals surface area contributed by atoms with Gasteiger partial charge in [-0.2, -0.15) is 0 Å². The lowest BCUT2D eigenvalue weighted by Crippen LogP contribution is -2.28. The first kappa shape index (κ1) is 18.9. The van der Waals surface area contributed by atoms with E-state index in [-0.39, 0.29) is 17.1 Å². The molecule has 0 aromatic heterocycles. The van der Waals surface area contributed by atoms with Crippen molar-refractivity contribution < 1.29 is 17.6 Å². The highest BCUT2D eigenvalue weighted by atomic mass is 32.2. The predicted molar refractivity (Wildman–Crippen MR) is 94.3 cm³/mol. The summed E-state index contributed by atoms with van der Waals surface area (Å²) >= 11 is 0. The molecule has 8 heteroatoms. The van der Waals surface area contributed by atoms with Crippen LogP contribution in [0.2, 0.25) is 0 Å². The lowest BCUT2D eigenvalue weighted by Gasteiger charge is -2.12. The number of amides is 2. The molecule has 0 aliphatic carbocycles. The van der Waals surface area contributed by atoms with Crippen LogP contribution >= 0.6 is 0 Å². The minimum atomic E-state index is -3.48. The van der Waals surface area contributed by atoms with E-state index in [9.17, 15) is 17.6 Å². The molecule has 0 spiro atoms. The van der Waals surface area contributed by atoms with Crippen molar-refractivity contribution in [1.82, 2.24) is 9.62 Å². The molecule has 0 aliphatic rings. The Kier molecular flexibility index (Phi) is 5.76. The van der Waals surface area contributed by atoms with Crippen LogP contribution in [-0.4, -0.2) is 32.8 Å². The predicted octanol–water partition coefficient (Wildman–Crippen LogP) is 2.71. The Morgan fingerprint density at radius 1 is 1.12 bits per heavy atom. The maximum Gasteiger partial charge on any atom is 0.319 e. The number of carbonyl (C=O) groups is 1. The second-order valence-corrected chi connectivity index (χ2v) is 7.87. The van der Waals surface area contributed by atoms with Gasteiger partial charge < -0.3 is 10.6 Å². The Labute approximate surface area is 146 Å². The third-order valence-corrected chi connectivity index (χ3v) is 5.35. The van der Waals surface area contributed by atoms with Crippen LogP contribution in [0.5, 0.6) is 0 Å². The maximum atomic E-state index is 13.6. The van der Waals surface area contributed by atoms with Crippen LogP contribution in [0.25, 0.3) is 0 Å². The van der Waals surface area contributed by atoms with Crippen LogP contribution in [0.1, 0.15) is 11.1 Å². The first-order valence-electron chi connectivity index (χ1n) is 7.52. The molecule has 0 fully saturated rings. The van der Waals surface area contributed by atoms with Crippen molar-refractivity contribution in [1.29, 1.82) is 0 Å². The summed E-state index contributed by atoms with van der Waals surface area (Å²) in [5.41, 5.74) is 1.65. The van der Waals surface area contributed by atoms with Crippen molar-refractivity contribution in [2.75, 3.05) is 19.4 Å². The molecule has 0 aliphatic heterocycles. The van der Waals surface area contributed by atoms with E-state index >= 15 is 0 Å². The van der Waals surface area contributed by atoms with Gasteiger partial charge in [-0.05, 0) is 42.3 Å². The highest BCUT2D eigenvalue weighted by molar-refractivity contribution is 7.89. The van der Waals surface area contributed by atoms with E-state index in [1.807, 2.05) is 0 Å². The summed E-state index contributed by atoms with van der Waals surface area (Å²) in [5, 5.41) is 5.04. The van der Waals surface area contributed by atoms with Gasteiger partial charge >= 0.3 is 6.03 Å². The lowest BCUT2D eigenvalue weighted by molar-refractivity contribution is 0.251. The standard InChI is InChI=1S/C17H20FN3O3S/c1-12-4-9-15(18)16(10-12)20-17(22)19-11-13-5-7-14(8-6-13)25(23,24)21(2)3/h4-10H,11H2,1-3H3,(H2,19,20,22). The van der Waals surface area contributed by atoms with Crippen molar-refractivity contribution in [3.63, 3.8) is 0 Å². The minimum Gasteiger partial charge on any atom is -0.334 e. The summed E-state index contributed by atoms with van der Waals surface area (Å²) in [6.07, 6.45) is 0. The molecule has 25 heavy (non-hydrogen) atoms. The van der Waals surface area contributed by atoms with E-state index in [1.54, 1.807) is 25.1 Å². The molecule has 0 unspecified atom stereocenters. The number of aryl methyl sites for hydroxylation is 1. The zero-order chi connectivity index (χ0) is 18.6. The Morgan fingerprint density at radius 3 is 2.36 bits per heavy atom. The fraction of sp³-hybridized carbons (Fsp3) is 0.235. The SMILES string of the molecule is Cc1ccc(F)c(NC(=O)NCc2ccc(S(=O)(=O)N(C)C)cc2)c1. The molecular formula is C17H20FN3O3S. The zero-order valence-corrected chi connectivity index (χ0v) is 15.0. The van der Waals surface area contributed by atoms with Gasteiger partial charge in [0.25, 0.3) is 0 Å². The van der Waals surface area contributed by atoms with Crippen LogP contribution in [0.15, 0.2) is 47.4 Å². The van der Waals surface area contributed by atoms with Gasteiger partial charge in [-0.3, -0.25) is 0 Å². The number of hydrogen-bond acceptors (Lipinski definition) is 3. The third-order valence-electron chi connectivity index (χ3n) is 3.53. The molecule has 2 aromatic carbocycles. The number of anilines is 1. The van der Waals surface area contributed by atoms with E-state index in [0.29, 0.717) is 0 Å². The van der Waals surface area contributed by atoms with E-state index in [2.05, 4.69) is 10.6 Å². The van der Waals surface area contributed by atoms with Crippen molar-refractivity contribution in [3.8, 4) is 0 Å². The monoisotopic (exact) mass is 365 g/mol. The second kappa shape index (κ2) is 7.62. The Hall–Kier alpha value is -2.45. The van der Waals surface area contributed by atoms with Gasteiger partial charge in [0.15, 0.2) is 0 Å². The number of rotatable bonds is 5. The fourth-order valence-corrected chi connectivity index (χ4v) is 2.98. The molecule has 0 atom stereocenters. The zero-order valence-electron chi connectivity index (χ0n) is 14.2. The largest absolute Gasteiger partial charge is 0.334 e.